The number of para-hydroxylation sites is 1. The van der Waals surface area contributed by atoms with Gasteiger partial charge in [-0.3, -0.25) is 0 Å². The van der Waals surface area contributed by atoms with E-state index in [9.17, 15) is 0 Å². The van der Waals surface area contributed by atoms with E-state index >= 15 is 0 Å². The Hall–Kier alpha value is -2.42. The Morgan fingerprint density at radius 2 is 2.13 bits per heavy atom. The van der Waals surface area contributed by atoms with Crippen LogP contribution < -0.4 is 0 Å². The van der Waals surface area contributed by atoms with E-state index in [-0.39, 0.29) is 0 Å². The highest BCUT2D eigenvalue weighted by atomic mass is 16.5. The van der Waals surface area contributed by atoms with Crippen LogP contribution in [0.4, 0.5) is 0 Å². The lowest BCUT2D eigenvalue weighted by Crippen LogP contribution is -2.37. The van der Waals surface area contributed by atoms with Crippen LogP contribution in [0.5, 0.6) is 0 Å². The van der Waals surface area contributed by atoms with Crippen molar-refractivity contribution < 1.29 is 4.74 Å². The number of hydrogen-bond donors (Lipinski definition) is 0. The van der Waals surface area contributed by atoms with Crippen molar-refractivity contribution >= 4 is 10.9 Å². The highest BCUT2D eigenvalue weighted by Crippen LogP contribution is 2.41. The SMILES string of the molecule is C=C1CC2c3cc4ccccc4n3CCN2C=C1C(=C)OCC. The molecule has 1 aromatic heterocycles. The Labute approximate surface area is 137 Å². The van der Waals surface area contributed by atoms with Crippen molar-refractivity contribution in [2.75, 3.05) is 13.2 Å². The molecule has 2 aliphatic heterocycles. The van der Waals surface area contributed by atoms with Gasteiger partial charge < -0.3 is 14.2 Å². The second kappa shape index (κ2) is 5.34. The highest BCUT2D eigenvalue weighted by molar-refractivity contribution is 5.81. The van der Waals surface area contributed by atoms with Gasteiger partial charge in [0.25, 0.3) is 0 Å². The summed E-state index contributed by atoms with van der Waals surface area (Å²) in [7, 11) is 0. The second-order valence-electron chi connectivity index (χ2n) is 6.24. The number of ether oxygens (including phenoxy) is 1. The van der Waals surface area contributed by atoms with Gasteiger partial charge in [-0.15, -0.1) is 0 Å². The van der Waals surface area contributed by atoms with Crippen LogP contribution in [0, 0.1) is 0 Å². The molecule has 0 bridgehead atoms. The van der Waals surface area contributed by atoms with Gasteiger partial charge in [0.2, 0.25) is 0 Å². The Morgan fingerprint density at radius 3 is 2.96 bits per heavy atom. The fourth-order valence-corrected chi connectivity index (χ4v) is 3.80. The van der Waals surface area contributed by atoms with E-state index in [2.05, 4.69) is 59.2 Å². The lowest BCUT2D eigenvalue weighted by atomic mass is 9.91. The maximum absolute atomic E-state index is 5.59. The molecule has 0 radical (unpaired) electrons. The first kappa shape index (κ1) is 14.2. The molecule has 23 heavy (non-hydrogen) atoms. The molecule has 3 nitrogen and oxygen atoms in total. The molecule has 2 aliphatic rings. The summed E-state index contributed by atoms with van der Waals surface area (Å²) in [6.07, 6.45) is 3.11. The zero-order valence-electron chi connectivity index (χ0n) is 13.6. The monoisotopic (exact) mass is 306 g/mol. The van der Waals surface area contributed by atoms with Crippen LogP contribution in [0.15, 0.2) is 66.6 Å². The summed E-state index contributed by atoms with van der Waals surface area (Å²) in [4.78, 5) is 2.42. The van der Waals surface area contributed by atoms with E-state index in [4.69, 9.17) is 4.74 Å². The Morgan fingerprint density at radius 1 is 1.30 bits per heavy atom. The fourth-order valence-electron chi connectivity index (χ4n) is 3.80. The van der Waals surface area contributed by atoms with E-state index in [1.54, 1.807) is 0 Å². The normalized spacial score (nSPS) is 20.0. The molecule has 118 valence electrons. The molecular weight excluding hydrogens is 284 g/mol. The van der Waals surface area contributed by atoms with Gasteiger partial charge in [0, 0.05) is 36.1 Å². The predicted molar refractivity (Wildman–Crippen MR) is 94.0 cm³/mol. The second-order valence-corrected chi connectivity index (χ2v) is 6.24. The van der Waals surface area contributed by atoms with Crippen LogP contribution in [0.1, 0.15) is 25.1 Å². The largest absolute Gasteiger partial charge is 0.494 e. The number of hydrogen-bond acceptors (Lipinski definition) is 2. The highest BCUT2D eigenvalue weighted by Gasteiger charge is 2.32. The van der Waals surface area contributed by atoms with E-state index in [1.807, 2.05) is 6.92 Å². The molecule has 1 aromatic carbocycles. The average molecular weight is 306 g/mol. The molecule has 3 heteroatoms. The molecule has 0 amide bonds. The smallest absolute Gasteiger partial charge is 0.121 e. The summed E-state index contributed by atoms with van der Waals surface area (Å²) >= 11 is 0. The first-order valence-electron chi connectivity index (χ1n) is 8.25. The van der Waals surface area contributed by atoms with Crippen molar-refractivity contribution in [1.82, 2.24) is 9.47 Å². The van der Waals surface area contributed by atoms with Crippen molar-refractivity contribution in [3.05, 3.63) is 72.3 Å². The maximum Gasteiger partial charge on any atom is 0.121 e. The third kappa shape index (κ3) is 2.19. The summed E-state index contributed by atoms with van der Waals surface area (Å²) in [6.45, 7) is 13.0. The first-order valence-corrected chi connectivity index (χ1v) is 8.25. The number of rotatable bonds is 3. The number of fused-ring (bicyclic) bond motifs is 5. The summed E-state index contributed by atoms with van der Waals surface area (Å²) in [6, 6.07) is 11.3. The maximum atomic E-state index is 5.59. The standard InChI is InChI=1S/C20H22N2O/c1-4-23-15(3)17-13-21-9-10-22-18-8-6-5-7-16(18)12-20(22)19(21)11-14(17)2/h5-8,12-13,19H,2-4,9-11H2,1H3. The van der Waals surface area contributed by atoms with Gasteiger partial charge in [0.15, 0.2) is 0 Å². The van der Waals surface area contributed by atoms with Gasteiger partial charge in [-0.05, 0) is 36.4 Å². The van der Waals surface area contributed by atoms with Crippen LogP contribution in [-0.2, 0) is 11.3 Å². The van der Waals surface area contributed by atoms with Crippen LogP contribution in [0.3, 0.4) is 0 Å². The molecule has 2 aromatic rings. The first-order chi connectivity index (χ1) is 11.2. The van der Waals surface area contributed by atoms with Crippen molar-refractivity contribution in [1.29, 1.82) is 0 Å². The van der Waals surface area contributed by atoms with E-state index in [0.717, 1.165) is 36.4 Å². The lowest BCUT2D eigenvalue weighted by molar-refractivity contribution is 0.205. The summed E-state index contributed by atoms with van der Waals surface area (Å²) in [5.41, 5.74) is 4.90. The lowest BCUT2D eigenvalue weighted by Gasteiger charge is -2.41. The molecule has 0 aliphatic carbocycles. The topological polar surface area (TPSA) is 17.4 Å². The summed E-state index contributed by atoms with van der Waals surface area (Å²) < 4.78 is 8.05. The van der Waals surface area contributed by atoms with Crippen molar-refractivity contribution in [3.63, 3.8) is 0 Å². The van der Waals surface area contributed by atoms with Crippen LogP contribution in [-0.4, -0.2) is 22.6 Å². The van der Waals surface area contributed by atoms with Crippen LogP contribution in [0.25, 0.3) is 10.9 Å². The average Bonchev–Trinajstić information content (AvgIpc) is 2.93. The van der Waals surface area contributed by atoms with Gasteiger partial charge in [-0.1, -0.05) is 31.4 Å². The van der Waals surface area contributed by atoms with Gasteiger partial charge >= 0.3 is 0 Å². The van der Waals surface area contributed by atoms with E-state index in [0.29, 0.717) is 12.6 Å². The molecule has 0 spiro atoms. The quantitative estimate of drug-likeness (QED) is 0.782. The fraction of sp³-hybridized carbons (Fsp3) is 0.300. The number of allylic oxidation sites excluding steroid dienone is 1. The van der Waals surface area contributed by atoms with E-state index in [1.165, 1.54) is 16.6 Å². The predicted octanol–water partition coefficient (Wildman–Crippen LogP) is 4.39. The molecule has 3 heterocycles. The molecule has 1 unspecified atom stereocenters. The Bertz CT molecular complexity index is 827. The van der Waals surface area contributed by atoms with E-state index < -0.39 is 0 Å². The molecule has 0 fully saturated rings. The van der Waals surface area contributed by atoms with Crippen molar-refractivity contribution in [3.8, 4) is 0 Å². The molecular formula is C20H22N2O. The number of aromatic nitrogens is 1. The third-order valence-electron chi connectivity index (χ3n) is 4.90. The minimum atomic E-state index is 0.363. The van der Waals surface area contributed by atoms with Gasteiger partial charge in [0.1, 0.15) is 5.76 Å². The number of nitrogens with zero attached hydrogens (tertiary/aromatic N) is 2. The van der Waals surface area contributed by atoms with Crippen molar-refractivity contribution in [2.45, 2.75) is 25.9 Å². The Kier molecular flexibility index (Phi) is 3.29. The van der Waals surface area contributed by atoms with Gasteiger partial charge in [-0.2, -0.15) is 0 Å². The van der Waals surface area contributed by atoms with Gasteiger partial charge in [0.05, 0.1) is 12.6 Å². The number of benzene rings is 1. The molecule has 0 N–H and O–H groups in total. The molecule has 0 saturated heterocycles. The van der Waals surface area contributed by atoms with Crippen LogP contribution >= 0.6 is 0 Å². The zero-order chi connectivity index (χ0) is 16.0. The molecule has 1 atom stereocenters. The van der Waals surface area contributed by atoms with Crippen LogP contribution in [0.2, 0.25) is 0 Å². The third-order valence-corrected chi connectivity index (χ3v) is 4.90. The van der Waals surface area contributed by atoms with Gasteiger partial charge in [-0.25, -0.2) is 0 Å². The summed E-state index contributed by atoms with van der Waals surface area (Å²) in [5, 5.41) is 1.32. The minimum absolute atomic E-state index is 0.363. The molecule has 4 rings (SSSR count). The Balaban J connectivity index is 1.74. The minimum Gasteiger partial charge on any atom is -0.494 e. The van der Waals surface area contributed by atoms with Crippen molar-refractivity contribution in [2.24, 2.45) is 0 Å². The summed E-state index contributed by atoms with van der Waals surface area (Å²) in [5.74, 6) is 0.738. The zero-order valence-corrected chi connectivity index (χ0v) is 13.6. The molecule has 0 saturated carbocycles.